The number of carbonyl (C=O) groups is 1. The smallest absolute Gasteiger partial charge is 0.277 e. The first-order valence-corrected chi connectivity index (χ1v) is 6.95. The molecule has 2 aromatic carbocycles. The lowest BCUT2D eigenvalue weighted by Crippen LogP contribution is -2.24. The number of ether oxygens (including phenoxy) is 1. The van der Waals surface area contributed by atoms with Gasteiger partial charge in [0.25, 0.3) is 5.91 Å². The third kappa shape index (κ3) is 5.48. The zero-order valence-electron chi connectivity index (χ0n) is 12.3. The number of hydrogen-bond acceptors (Lipinski definition) is 4. The van der Waals surface area contributed by atoms with Gasteiger partial charge in [-0.25, -0.2) is 5.43 Å². The Balaban J connectivity index is 1.76. The molecule has 2 aromatic rings. The quantitative estimate of drug-likeness (QED) is 0.658. The summed E-state index contributed by atoms with van der Waals surface area (Å²) in [6.45, 7) is -0.210. The van der Waals surface area contributed by atoms with Crippen LogP contribution in [0, 0.1) is 11.3 Å². The van der Waals surface area contributed by atoms with Crippen LogP contribution >= 0.6 is 0 Å². The molecule has 0 atom stereocenters. The van der Waals surface area contributed by atoms with Crippen LogP contribution in [0.5, 0.6) is 5.75 Å². The second kappa shape index (κ2) is 8.80. The number of nitrogens with zero attached hydrogens (tertiary/aromatic N) is 2. The summed E-state index contributed by atoms with van der Waals surface area (Å²) in [5.41, 5.74) is 3.78. The third-order valence-corrected chi connectivity index (χ3v) is 2.80. The van der Waals surface area contributed by atoms with Crippen molar-refractivity contribution >= 4 is 18.2 Å². The lowest BCUT2D eigenvalue weighted by Gasteiger charge is -2.05. The van der Waals surface area contributed by atoms with Gasteiger partial charge >= 0.3 is 0 Å². The molecule has 0 aliphatic rings. The summed E-state index contributed by atoms with van der Waals surface area (Å²) in [6.07, 6.45) is 5.07. The SMILES string of the molecule is N#Cc1ccccc1OCC(=O)N/N=C/C=C/c1ccccc1. The molecule has 0 aliphatic heterocycles. The van der Waals surface area contributed by atoms with Crippen molar-refractivity contribution in [2.75, 3.05) is 6.61 Å². The Kier molecular flexibility index (Phi) is 6.12. The van der Waals surface area contributed by atoms with Crippen LogP contribution < -0.4 is 10.2 Å². The molecular formula is C18H15N3O2. The number of rotatable bonds is 6. The van der Waals surface area contributed by atoms with E-state index >= 15 is 0 Å². The van der Waals surface area contributed by atoms with E-state index in [4.69, 9.17) is 10.00 Å². The van der Waals surface area contributed by atoms with Crippen molar-refractivity contribution in [1.29, 1.82) is 5.26 Å². The maximum atomic E-state index is 11.6. The molecule has 0 unspecified atom stereocenters. The Morgan fingerprint density at radius 2 is 1.91 bits per heavy atom. The summed E-state index contributed by atoms with van der Waals surface area (Å²) in [4.78, 5) is 11.6. The lowest BCUT2D eigenvalue weighted by molar-refractivity contribution is -0.123. The van der Waals surface area contributed by atoms with E-state index in [0.29, 0.717) is 11.3 Å². The summed E-state index contributed by atoms with van der Waals surface area (Å²) < 4.78 is 5.29. The van der Waals surface area contributed by atoms with Gasteiger partial charge in [0, 0.05) is 6.21 Å². The number of amides is 1. The van der Waals surface area contributed by atoms with Crippen LogP contribution in [0.25, 0.3) is 6.08 Å². The molecule has 0 bridgehead atoms. The van der Waals surface area contributed by atoms with Crippen LogP contribution in [0.15, 0.2) is 65.8 Å². The zero-order valence-corrected chi connectivity index (χ0v) is 12.3. The number of carbonyl (C=O) groups excluding carboxylic acids is 1. The van der Waals surface area contributed by atoms with Gasteiger partial charge in [-0.3, -0.25) is 4.79 Å². The van der Waals surface area contributed by atoms with Gasteiger partial charge in [-0.05, 0) is 23.8 Å². The maximum Gasteiger partial charge on any atom is 0.277 e. The normalized spacial score (nSPS) is 10.6. The molecule has 0 spiro atoms. The molecule has 2 rings (SSSR count). The fourth-order valence-electron chi connectivity index (χ4n) is 1.73. The van der Waals surface area contributed by atoms with Crippen molar-refractivity contribution in [1.82, 2.24) is 5.43 Å². The summed E-state index contributed by atoms with van der Waals surface area (Å²) in [5.74, 6) is -0.0276. The van der Waals surface area contributed by atoms with Gasteiger partial charge in [0.15, 0.2) is 6.61 Å². The number of hydrogen-bond donors (Lipinski definition) is 1. The predicted octanol–water partition coefficient (Wildman–Crippen LogP) is 2.75. The van der Waals surface area contributed by atoms with Crippen molar-refractivity contribution in [2.45, 2.75) is 0 Å². The van der Waals surface area contributed by atoms with Gasteiger partial charge in [-0.15, -0.1) is 0 Å². The molecule has 0 fully saturated rings. The van der Waals surface area contributed by atoms with Crippen LogP contribution in [0.4, 0.5) is 0 Å². The van der Waals surface area contributed by atoms with Crippen molar-refractivity contribution in [2.24, 2.45) is 5.10 Å². The first-order valence-electron chi connectivity index (χ1n) is 6.95. The molecule has 1 amide bonds. The van der Waals surface area contributed by atoms with E-state index in [0.717, 1.165) is 5.56 Å². The summed E-state index contributed by atoms with van der Waals surface area (Å²) in [6, 6.07) is 18.5. The van der Waals surface area contributed by atoms with E-state index in [1.54, 1.807) is 30.3 Å². The Bertz CT molecular complexity index is 746. The Morgan fingerprint density at radius 3 is 2.70 bits per heavy atom. The van der Waals surface area contributed by atoms with Crippen LogP contribution in [0.1, 0.15) is 11.1 Å². The van der Waals surface area contributed by atoms with E-state index in [9.17, 15) is 4.79 Å². The van der Waals surface area contributed by atoms with Gasteiger partial charge in [-0.2, -0.15) is 10.4 Å². The predicted molar refractivity (Wildman–Crippen MR) is 88.8 cm³/mol. The van der Waals surface area contributed by atoms with E-state index in [2.05, 4.69) is 10.5 Å². The number of nitrogens with one attached hydrogen (secondary N) is 1. The molecule has 0 saturated heterocycles. The van der Waals surface area contributed by atoms with E-state index in [1.165, 1.54) is 6.21 Å². The summed E-state index contributed by atoms with van der Waals surface area (Å²) >= 11 is 0. The highest BCUT2D eigenvalue weighted by Gasteiger charge is 2.04. The van der Waals surface area contributed by atoms with Gasteiger partial charge in [0.2, 0.25) is 0 Å². The highest BCUT2D eigenvalue weighted by Crippen LogP contribution is 2.15. The second-order valence-electron chi connectivity index (χ2n) is 4.48. The number of nitriles is 1. The first-order chi connectivity index (χ1) is 11.3. The molecule has 23 heavy (non-hydrogen) atoms. The first kappa shape index (κ1) is 16.0. The molecular weight excluding hydrogens is 290 g/mol. The standard InChI is InChI=1S/C18H15N3O2/c19-13-16-10-4-5-11-17(16)23-14-18(22)21-20-12-6-9-15-7-2-1-3-8-15/h1-12H,14H2,(H,21,22)/b9-6+,20-12+. The molecule has 5 heteroatoms. The average Bonchev–Trinajstić information content (AvgIpc) is 2.60. The minimum Gasteiger partial charge on any atom is -0.482 e. The number of benzene rings is 2. The Hall–Kier alpha value is -3.39. The Labute approximate surface area is 134 Å². The average molecular weight is 305 g/mol. The van der Waals surface area contributed by atoms with Crippen molar-refractivity contribution in [3.8, 4) is 11.8 Å². The Morgan fingerprint density at radius 1 is 1.17 bits per heavy atom. The van der Waals surface area contributed by atoms with Gasteiger partial charge in [-0.1, -0.05) is 48.5 Å². The monoisotopic (exact) mass is 305 g/mol. The molecule has 0 aromatic heterocycles. The van der Waals surface area contributed by atoms with Crippen LogP contribution in [-0.4, -0.2) is 18.7 Å². The largest absolute Gasteiger partial charge is 0.482 e. The zero-order chi connectivity index (χ0) is 16.3. The fourth-order valence-corrected chi connectivity index (χ4v) is 1.73. The van der Waals surface area contributed by atoms with E-state index in [1.807, 2.05) is 42.5 Å². The molecule has 0 heterocycles. The molecule has 5 nitrogen and oxygen atoms in total. The summed E-state index contributed by atoms with van der Waals surface area (Å²) in [5, 5.41) is 12.7. The fraction of sp³-hybridized carbons (Fsp3) is 0.0556. The van der Waals surface area contributed by atoms with Crippen LogP contribution in [-0.2, 0) is 4.79 Å². The van der Waals surface area contributed by atoms with Crippen molar-refractivity contribution in [3.63, 3.8) is 0 Å². The van der Waals surface area contributed by atoms with Gasteiger partial charge in [0.05, 0.1) is 5.56 Å². The van der Waals surface area contributed by atoms with Crippen LogP contribution in [0.2, 0.25) is 0 Å². The minimum absolute atomic E-state index is 0.210. The molecule has 0 radical (unpaired) electrons. The molecule has 0 aliphatic carbocycles. The van der Waals surface area contributed by atoms with Crippen molar-refractivity contribution < 1.29 is 9.53 Å². The highest BCUT2D eigenvalue weighted by molar-refractivity contribution is 5.82. The molecule has 0 saturated carbocycles. The van der Waals surface area contributed by atoms with Gasteiger partial charge < -0.3 is 4.74 Å². The number of allylic oxidation sites excluding steroid dienone is 1. The summed E-state index contributed by atoms with van der Waals surface area (Å²) in [7, 11) is 0. The number of hydrazone groups is 1. The topological polar surface area (TPSA) is 74.5 Å². The lowest BCUT2D eigenvalue weighted by atomic mass is 10.2. The third-order valence-electron chi connectivity index (χ3n) is 2.80. The molecule has 114 valence electrons. The van der Waals surface area contributed by atoms with Crippen LogP contribution in [0.3, 0.4) is 0 Å². The van der Waals surface area contributed by atoms with Crippen molar-refractivity contribution in [3.05, 3.63) is 71.8 Å². The molecule has 1 N–H and O–H groups in total. The number of para-hydroxylation sites is 1. The van der Waals surface area contributed by atoms with E-state index < -0.39 is 5.91 Å². The van der Waals surface area contributed by atoms with E-state index in [-0.39, 0.29) is 6.61 Å². The second-order valence-corrected chi connectivity index (χ2v) is 4.48. The maximum absolute atomic E-state index is 11.6. The van der Waals surface area contributed by atoms with Gasteiger partial charge in [0.1, 0.15) is 11.8 Å². The highest BCUT2D eigenvalue weighted by atomic mass is 16.5. The minimum atomic E-state index is -0.401.